The Morgan fingerprint density at radius 3 is 1.81 bits per heavy atom. The van der Waals surface area contributed by atoms with Crippen molar-refractivity contribution in [2.24, 2.45) is 0 Å². The Morgan fingerprint density at radius 1 is 0.429 bits per heavy atom. The summed E-state index contributed by atoms with van der Waals surface area (Å²) < 4.78 is 1.07. The molecular formula is C38H24BrN3. The molecule has 8 aromatic rings. The van der Waals surface area contributed by atoms with Gasteiger partial charge in [-0.2, -0.15) is 0 Å². The lowest BCUT2D eigenvalue weighted by molar-refractivity contribution is 1.08. The fourth-order valence-electron chi connectivity index (χ4n) is 6.01. The molecule has 198 valence electrons. The highest BCUT2D eigenvalue weighted by Gasteiger charge is 2.17. The van der Waals surface area contributed by atoms with Gasteiger partial charge >= 0.3 is 0 Å². The van der Waals surface area contributed by atoms with E-state index in [0.717, 1.165) is 42.7 Å². The number of hydrogen-bond donors (Lipinski definition) is 0. The van der Waals surface area contributed by atoms with Crippen molar-refractivity contribution in [2.45, 2.75) is 6.92 Å². The molecule has 0 bridgehead atoms. The first-order valence-corrected chi connectivity index (χ1v) is 14.8. The Hall–Kier alpha value is -4.93. The summed E-state index contributed by atoms with van der Waals surface area (Å²) in [4.78, 5) is 15.4. The molecule has 0 aliphatic carbocycles. The summed E-state index contributed by atoms with van der Waals surface area (Å²) in [6, 6.07) is 44.7. The van der Waals surface area contributed by atoms with E-state index in [2.05, 4.69) is 150 Å². The largest absolute Gasteiger partial charge is 0.208 e. The first-order chi connectivity index (χ1) is 20.6. The van der Waals surface area contributed by atoms with Crippen LogP contribution in [0.3, 0.4) is 0 Å². The molecule has 1 aromatic heterocycles. The predicted octanol–water partition coefficient (Wildman–Crippen LogP) is 10.6. The molecule has 0 radical (unpaired) electrons. The van der Waals surface area contributed by atoms with E-state index in [0.29, 0.717) is 17.5 Å². The summed E-state index contributed by atoms with van der Waals surface area (Å²) in [5.41, 5.74) is 4.12. The highest BCUT2D eigenvalue weighted by Crippen LogP contribution is 2.36. The van der Waals surface area contributed by atoms with Gasteiger partial charge in [-0.05, 0) is 85.9 Å². The second-order valence-corrected chi connectivity index (χ2v) is 11.5. The maximum Gasteiger partial charge on any atom is 0.164 e. The zero-order valence-electron chi connectivity index (χ0n) is 22.8. The van der Waals surface area contributed by atoms with Gasteiger partial charge in [0.25, 0.3) is 0 Å². The molecule has 8 rings (SSSR count). The monoisotopic (exact) mass is 601 g/mol. The van der Waals surface area contributed by atoms with Gasteiger partial charge < -0.3 is 0 Å². The van der Waals surface area contributed by atoms with Gasteiger partial charge in [-0.15, -0.1) is 0 Å². The molecule has 0 unspecified atom stereocenters. The van der Waals surface area contributed by atoms with Gasteiger partial charge in [0.1, 0.15) is 0 Å². The van der Waals surface area contributed by atoms with Crippen molar-refractivity contribution in [1.82, 2.24) is 15.0 Å². The molecule has 0 aliphatic rings. The molecule has 0 aliphatic heterocycles. The molecule has 0 atom stereocenters. The minimum Gasteiger partial charge on any atom is -0.208 e. The maximum atomic E-state index is 5.15. The van der Waals surface area contributed by atoms with Crippen molar-refractivity contribution < 1.29 is 0 Å². The highest BCUT2D eigenvalue weighted by molar-refractivity contribution is 9.10. The van der Waals surface area contributed by atoms with Crippen molar-refractivity contribution >= 4 is 59.0 Å². The van der Waals surface area contributed by atoms with Crippen molar-refractivity contribution in [3.63, 3.8) is 0 Å². The Labute approximate surface area is 251 Å². The van der Waals surface area contributed by atoms with E-state index in [1.54, 1.807) is 0 Å². The summed E-state index contributed by atoms with van der Waals surface area (Å²) >= 11 is 3.69. The topological polar surface area (TPSA) is 38.7 Å². The quantitative estimate of drug-likeness (QED) is 0.189. The third-order valence-electron chi connectivity index (χ3n) is 8.06. The number of nitrogens with zero attached hydrogens (tertiary/aromatic N) is 3. The van der Waals surface area contributed by atoms with E-state index in [4.69, 9.17) is 15.0 Å². The second kappa shape index (κ2) is 9.86. The minimum atomic E-state index is 0.653. The summed E-state index contributed by atoms with van der Waals surface area (Å²) in [6.45, 7) is 2.15. The maximum absolute atomic E-state index is 5.15. The van der Waals surface area contributed by atoms with Crippen molar-refractivity contribution in [2.75, 3.05) is 0 Å². The minimum absolute atomic E-state index is 0.653. The van der Waals surface area contributed by atoms with Crippen LogP contribution >= 0.6 is 15.9 Å². The lowest BCUT2D eigenvalue weighted by Gasteiger charge is -2.13. The second-order valence-electron chi connectivity index (χ2n) is 10.7. The van der Waals surface area contributed by atoms with Crippen LogP contribution in [0.2, 0.25) is 0 Å². The van der Waals surface area contributed by atoms with Crippen molar-refractivity contribution in [3.8, 4) is 34.2 Å². The van der Waals surface area contributed by atoms with Gasteiger partial charge in [0, 0.05) is 21.2 Å². The number of aryl methyl sites for hydroxylation is 1. The van der Waals surface area contributed by atoms with Gasteiger partial charge in [0.05, 0.1) is 0 Å². The van der Waals surface area contributed by atoms with E-state index in [-0.39, 0.29) is 0 Å². The van der Waals surface area contributed by atoms with Crippen LogP contribution in [-0.4, -0.2) is 15.0 Å². The van der Waals surface area contributed by atoms with Gasteiger partial charge in [-0.25, -0.2) is 15.0 Å². The molecule has 7 aromatic carbocycles. The molecule has 0 fully saturated rings. The van der Waals surface area contributed by atoms with Crippen LogP contribution in [0.5, 0.6) is 0 Å². The van der Waals surface area contributed by atoms with Crippen molar-refractivity contribution in [3.05, 3.63) is 137 Å². The lowest BCUT2D eigenvalue weighted by Crippen LogP contribution is -2.01. The number of halogens is 1. The number of fused-ring (bicyclic) bond motifs is 5. The predicted molar refractivity (Wildman–Crippen MR) is 179 cm³/mol. The molecule has 4 heteroatoms. The van der Waals surface area contributed by atoms with E-state index < -0.39 is 0 Å². The Balaban J connectivity index is 1.42. The number of benzene rings is 7. The van der Waals surface area contributed by atoms with Gasteiger partial charge in [-0.1, -0.05) is 113 Å². The van der Waals surface area contributed by atoms with Crippen LogP contribution in [0.25, 0.3) is 77.3 Å². The normalized spacial score (nSPS) is 11.6. The molecule has 0 spiro atoms. The fourth-order valence-corrected chi connectivity index (χ4v) is 6.52. The molecule has 3 nitrogen and oxygen atoms in total. The molecule has 0 saturated heterocycles. The fraction of sp³-hybridized carbons (Fsp3) is 0.0263. The van der Waals surface area contributed by atoms with E-state index in [1.165, 1.54) is 27.1 Å². The first kappa shape index (κ1) is 24.8. The van der Waals surface area contributed by atoms with E-state index in [1.807, 2.05) is 0 Å². The molecule has 0 N–H and O–H groups in total. The number of aromatic nitrogens is 3. The van der Waals surface area contributed by atoms with Crippen LogP contribution in [0.1, 0.15) is 5.56 Å². The standard InChI is InChI=1S/C38H24BrN3/c1-23-19-28(21-24-9-2-4-12-29(23)24)37-40-36(27-17-18-31-25(20-27)11-8-16-35(31)39)41-38(42-37)34-22-26-10-3-5-13-30(26)32-14-6-7-15-33(32)34/h2-22H,1H3. The Bertz CT molecular complexity index is 2340. The van der Waals surface area contributed by atoms with Crippen LogP contribution in [0, 0.1) is 6.92 Å². The van der Waals surface area contributed by atoms with Crippen LogP contribution in [0.15, 0.2) is 132 Å². The van der Waals surface area contributed by atoms with E-state index >= 15 is 0 Å². The van der Waals surface area contributed by atoms with Gasteiger partial charge in [0.2, 0.25) is 0 Å². The highest BCUT2D eigenvalue weighted by atomic mass is 79.9. The van der Waals surface area contributed by atoms with Crippen molar-refractivity contribution in [1.29, 1.82) is 0 Å². The number of rotatable bonds is 3. The average molecular weight is 603 g/mol. The van der Waals surface area contributed by atoms with Gasteiger partial charge in [-0.3, -0.25) is 0 Å². The third-order valence-corrected chi connectivity index (χ3v) is 8.75. The first-order valence-electron chi connectivity index (χ1n) is 14.0. The Morgan fingerprint density at radius 2 is 1.00 bits per heavy atom. The summed E-state index contributed by atoms with van der Waals surface area (Å²) in [5, 5.41) is 9.37. The third kappa shape index (κ3) is 4.15. The molecule has 1 heterocycles. The molecule has 42 heavy (non-hydrogen) atoms. The molecular weight excluding hydrogens is 578 g/mol. The summed E-state index contributed by atoms with van der Waals surface area (Å²) in [6.07, 6.45) is 0. The van der Waals surface area contributed by atoms with Crippen LogP contribution < -0.4 is 0 Å². The van der Waals surface area contributed by atoms with E-state index in [9.17, 15) is 0 Å². The van der Waals surface area contributed by atoms with Gasteiger partial charge in [0.15, 0.2) is 17.5 Å². The van der Waals surface area contributed by atoms with Crippen LogP contribution in [0.4, 0.5) is 0 Å². The SMILES string of the molecule is Cc1cc(-c2nc(-c3ccc4c(Br)cccc4c3)nc(-c3cc4ccccc4c4ccccc34)n2)cc2ccccc12. The van der Waals surface area contributed by atoms with Crippen LogP contribution in [-0.2, 0) is 0 Å². The number of hydrogen-bond acceptors (Lipinski definition) is 3. The Kier molecular flexibility index (Phi) is 5.83. The average Bonchev–Trinajstić information content (AvgIpc) is 3.04. The zero-order valence-corrected chi connectivity index (χ0v) is 24.4. The summed E-state index contributed by atoms with van der Waals surface area (Å²) in [7, 11) is 0. The smallest absolute Gasteiger partial charge is 0.164 e. The molecule has 0 amide bonds. The zero-order chi connectivity index (χ0) is 28.2. The summed E-state index contributed by atoms with van der Waals surface area (Å²) in [5.74, 6) is 1.98. The molecule has 0 saturated carbocycles. The lowest BCUT2D eigenvalue weighted by atomic mass is 9.96.